The van der Waals surface area contributed by atoms with Gasteiger partial charge in [0.05, 0.1) is 17.2 Å². The summed E-state index contributed by atoms with van der Waals surface area (Å²) in [4.78, 5) is 28.0. The first-order chi connectivity index (χ1) is 19.3. The van der Waals surface area contributed by atoms with Crippen molar-refractivity contribution in [2.24, 2.45) is 0 Å². The molecule has 0 unspecified atom stereocenters. The van der Waals surface area contributed by atoms with Crippen molar-refractivity contribution in [1.82, 2.24) is 10.2 Å². The quantitative estimate of drug-likeness (QED) is 0.280. The first-order valence-corrected chi connectivity index (χ1v) is 15.1. The summed E-state index contributed by atoms with van der Waals surface area (Å²) in [7, 11) is -4.33. The zero-order valence-electron chi connectivity index (χ0n) is 23.1. The van der Waals surface area contributed by atoms with Crippen LogP contribution in [-0.4, -0.2) is 50.4 Å². The minimum Gasteiger partial charge on any atom is -0.494 e. The summed E-state index contributed by atoms with van der Waals surface area (Å²) < 4.78 is 47.8. The topological polar surface area (TPSA) is 96.0 Å². The molecule has 0 aliphatic carbocycles. The van der Waals surface area contributed by atoms with Gasteiger partial charge in [-0.2, -0.15) is 0 Å². The maximum Gasteiger partial charge on any atom is 0.264 e. The third kappa shape index (κ3) is 8.12. The fourth-order valence-corrected chi connectivity index (χ4v) is 5.91. The Kier molecular flexibility index (Phi) is 11.0. The van der Waals surface area contributed by atoms with Crippen LogP contribution in [0.2, 0.25) is 10.0 Å². The molecule has 1 N–H and O–H groups in total. The normalized spacial score (nSPS) is 12.1. The number of hydrogen-bond donors (Lipinski definition) is 1. The maximum absolute atomic E-state index is 13.9. The lowest BCUT2D eigenvalue weighted by molar-refractivity contribution is -0.139. The highest BCUT2D eigenvalue weighted by Crippen LogP contribution is 2.29. The second-order valence-electron chi connectivity index (χ2n) is 9.45. The van der Waals surface area contributed by atoms with Crippen molar-refractivity contribution >= 4 is 50.7 Å². The third-order valence-electron chi connectivity index (χ3n) is 6.10. The van der Waals surface area contributed by atoms with Crippen LogP contribution < -0.4 is 14.4 Å². The molecular formula is C29H32Cl2FN3O5S. The van der Waals surface area contributed by atoms with E-state index in [0.29, 0.717) is 17.9 Å². The van der Waals surface area contributed by atoms with Crippen LogP contribution in [0.3, 0.4) is 0 Å². The highest BCUT2D eigenvalue weighted by molar-refractivity contribution is 7.92. The lowest BCUT2D eigenvalue weighted by Gasteiger charge is -2.32. The van der Waals surface area contributed by atoms with E-state index in [-0.39, 0.29) is 33.2 Å². The number of nitrogens with one attached hydrogen (secondary N) is 1. The number of carbonyl (C=O) groups excluding carboxylic acids is 2. The first kappa shape index (κ1) is 32.2. The lowest BCUT2D eigenvalue weighted by atomic mass is 10.1. The van der Waals surface area contributed by atoms with E-state index in [4.69, 9.17) is 27.9 Å². The molecule has 220 valence electrons. The Labute approximate surface area is 250 Å². The number of halogens is 3. The van der Waals surface area contributed by atoms with E-state index in [1.165, 1.54) is 48.2 Å². The van der Waals surface area contributed by atoms with E-state index in [0.717, 1.165) is 16.4 Å². The molecule has 3 aromatic rings. The minimum absolute atomic E-state index is 0.0589. The summed E-state index contributed by atoms with van der Waals surface area (Å²) in [5, 5.41) is 3.33. The van der Waals surface area contributed by atoms with Crippen molar-refractivity contribution in [3.63, 3.8) is 0 Å². The summed E-state index contributed by atoms with van der Waals surface area (Å²) in [6.45, 7) is 6.44. The SMILES string of the molecule is CCOc1ccc(S(=O)(=O)N(CC(=O)N(Cc2c(Cl)cccc2Cl)[C@H](C)C(=O)NC(C)C)c2ccc(F)cc2)cc1. The van der Waals surface area contributed by atoms with Gasteiger partial charge in [0.15, 0.2) is 0 Å². The number of nitrogens with zero attached hydrogens (tertiary/aromatic N) is 2. The Bertz CT molecular complexity index is 1450. The molecule has 0 spiro atoms. The number of benzene rings is 3. The zero-order valence-corrected chi connectivity index (χ0v) is 25.4. The molecule has 12 heteroatoms. The van der Waals surface area contributed by atoms with Gasteiger partial charge in [0, 0.05) is 28.2 Å². The molecule has 2 amide bonds. The van der Waals surface area contributed by atoms with Crippen LogP contribution in [0, 0.1) is 5.82 Å². The standard InChI is InChI=1S/C29H32Cl2FN3O5S/c1-5-40-23-13-15-24(16-14-23)41(38,39)35(22-11-9-21(32)10-12-22)18-28(36)34(20(4)29(37)33-19(2)3)17-25-26(30)7-6-8-27(25)31/h6-16,19-20H,5,17-18H2,1-4H3,(H,33,37)/t20-/m1/s1. The number of hydrogen-bond acceptors (Lipinski definition) is 5. The Hall–Kier alpha value is -3.34. The molecule has 0 bridgehead atoms. The molecule has 0 saturated carbocycles. The van der Waals surface area contributed by atoms with Gasteiger partial charge >= 0.3 is 0 Å². The smallest absolute Gasteiger partial charge is 0.264 e. The van der Waals surface area contributed by atoms with Gasteiger partial charge in [0.2, 0.25) is 11.8 Å². The number of amides is 2. The van der Waals surface area contributed by atoms with Crippen molar-refractivity contribution in [2.45, 2.75) is 51.2 Å². The summed E-state index contributed by atoms with van der Waals surface area (Å²) >= 11 is 12.8. The molecule has 0 heterocycles. The Morgan fingerprint density at radius 2 is 1.54 bits per heavy atom. The number of anilines is 1. The van der Waals surface area contributed by atoms with Crippen molar-refractivity contribution in [2.75, 3.05) is 17.5 Å². The Balaban J connectivity index is 2.05. The van der Waals surface area contributed by atoms with Crippen molar-refractivity contribution in [3.05, 3.63) is 88.2 Å². The van der Waals surface area contributed by atoms with Crippen molar-refractivity contribution in [3.8, 4) is 5.75 Å². The fraction of sp³-hybridized carbons (Fsp3) is 0.310. The minimum atomic E-state index is -4.33. The van der Waals surface area contributed by atoms with Crippen LogP contribution in [0.25, 0.3) is 0 Å². The van der Waals surface area contributed by atoms with E-state index in [2.05, 4.69) is 5.32 Å². The van der Waals surface area contributed by atoms with E-state index in [9.17, 15) is 22.4 Å². The molecule has 1 atom stereocenters. The first-order valence-electron chi connectivity index (χ1n) is 12.9. The molecule has 3 rings (SSSR count). The summed E-state index contributed by atoms with van der Waals surface area (Å²) in [5.74, 6) is -1.25. The number of sulfonamides is 1. The summed E-state index contributed by atoms with van der Waals surface area (Å²) in [6, 6.07) is 14.1. The predicted molar refractivity (Wildman–Crippen MR) is 158 cm³/mol. The average molecular weight is 625 g/mol. The van der Waals surface area contributed by atoms with Gasteiger partial charge in [0.1, 0.15) is 24.2 Å². The van der Waals surface area contributed by atoms with Gasteiger partial charge in [-0.15, -0.1) is 0 Å². The fourth-order valence-electron chi connectivity index (χ4n) is 3.98. The predicted octanol–water partition coefficient (Wildman–Crippen LogP) is 5.67. The highest BCUT2D eigenvalue weighted by Gasteiger charge is 2.33. The summed E-state index contributed by atoms with van der Waals surface area (Å²) in [6.07, 6.45) is 0. The average Bonchev–Trinajstić information content (AvgIpc) is 2.92. The molecular weight excluding hydrogens is 592 g/mol. The van der Waals surface area contributed by atoms with Gasteiger partial charge in [-0.3, -0.25) is 13.9 Å². The molecule has 0 radical (unpaired) electrons. The maximum atomic E-state index is 13.9. The Morgan fingerprint density at radius 1 is 0.951 bits per heavy atom. The van der Waals surface area contributed by atoms with Crippen molar-refractivity contribution in [1.29, 1.82) is 0 Å². The largest absolute Gasteiger partial charge is 0.494 e. The van der Waals surface area contributed by atoms with Gasteiger partial charge < -0.3 is 15.0 Å². The molecule has 0 saturated heterocycles. The highest BCUT2D eigenvalue weighted by atomic mass is 35.5. The van der Waals surface area contributed by atoms with Crippen LogP contribution in [0.15, 0.2) is 71.6 Å². The van der Waals surface area contributed by atoms with Crippen LogP contribution in [0.5, 0.6) is 5.75 Å². The number of ether oxygens (including phenoxy) is 1. The number of carbonyl (C=O) groups is 2. The zero-order chi connectivity index (χ0) is 30.3. The monoisotopic (exact) mass is 623 g/mol. The van der Waals surface area contributed by atoms with Crippen LogP contribution in [0.1, 0.15) is 33.3 Å². The molecule has 0 aliphatic heterocycles. The van der Waals surface area contributed by atoms with E-state index >= 15 is 0 Å². The van der Waals surface area contributed by atoms with Gasteiger partial charge in [0.25, 0.3) is 10.0 Å². The second-order valence-corrected chi connectivity index (χ2v) is 12.1. The van der Waals surface area contributed by atoms with Gasteiger partial charge in [-0.25, -0.2) is 12.8 Å². The molecule has 0 fully saturated rings. The van der Waals surface area contributed by atoms with E-state index < -0.39 is 40.2 Å². The van der Waals surface area contributed by atoms with E-state index in [1.807, 2.05) is 0 Å². The van der Waals surface area contributed by atoms with Gasteiger partial charge in [-0.1, -0.05) is 29.3 Å². The molecule has 8 nitrogen and oxygen atoms in total. The van der Waals surface area contributed by atoms with E-state index in [1.54, 1.807) is 39.0 Å². The summed E-state index contributed by atoms with van der Waals surface area (Å²) in [5.41, 5.74) is 0.458. The second kappa shape index (κ2) is 14.0. The Morgan fingerprint density at radius 3 is 2.07 bits per heavy atom. The van der Waals surface area contributed by atoms with Crippen LogP contribution in [0.4, 0.5) is 10.1 Å². The van der Waals surface area contributed by atoms with Crippen LogP contribution in [-0.2, 0) is 26.2 Å². The van der Waals surface area contributed by atoms with Crippen LogP contribution >= 0.6 is 23.2 Å². The van der Waals surface area contributed by atoms with Gasteiger partial charge in [-0.05, 0) is 88.4 Å². The molecule has 3 aromatic carbocycles. The third-order valence-corrected chi connectivity index (χ3v) is 8.60. The van der Waals surface area contributed by atoms with Crippen molar-refractivity contribution < 1.29 is 27.1 Å². The number of rotatable bonds is 12. The lowest BCUT2D eigenvalue weighted by Crippen LogP contribution is -2.52. The molecule has 0 aliphatic rings. The molecule has 41 heavy (non-hydrogen) atoms. The molecule has 0 aromatic heterocycles.